The highest BCUT2D eigenvalue weighted by molar-refractivity contribution is 7.22. The van der Waals surface area contributed by atoms with Crippen molar-refractivity contribution < 1.29 is 19.0 Å². The van der Waals surface area contributed by atoms with E-state index in [-0.39, 0.29) is 5.91 Å². The van der Waals surface area contributed by atoms with Crippen molar-refractivity contribution in [1.82, 2.24) is 9.88 Å². The summed E-state index contributed by atoms with van der Waals surface area (Å²) in [5.41, 5.74) is 1.40. The van der Waals surface area contributed by atoms with Crippen LogP contribution in [-0.4, -0.2) is 63.3 Å². The molecule has 0 N–H and O–H groups in total. The molecule has 8 heteroatoms. The van der Waals surface area contributed by atoms with Gasteiger partial charge in [0.1, 0.15) is 11.3 Å². The van der Waals surface area contributed by atoms with Crippen LogP contribution in [0.4, 0.5) is 5.13 Å². The number of hydrogen-bond acceptors (Lipinski definition) is 7. The molecular weight excluding hydrogens is 390 g/mol. The molecule has 0 spiro atoms. The molecule has 152 valence electrons. The third-order valence-electron chi connectivity index (χ3n) is 5.06. The number of para-hydroxylation sites is 2. The third-order valence-corrected chi connectivity index (χ3v) is 6.14. The Morgan fingerprint density at radius 3 is 2.31 bits per heavy atom. The van der Waals surface area contributed by atoms with Crippen LogP contribution in [0.25, 0.3) is 10.2 Å². The van der Waals surface area contributed by atoms with Crippen molar-refractivity contribution in [1.29, 1.82) is 0 Å². The minimum absolute atomic E-state index is 0.0497. The molecule has 1 saturated heterocycles. The van der Waals surface area contributed by atoms with Crippen molar-refractivity contribution in [2.75, 3.05) is 52.4 Å². The van der Waals surface area contributed by atoms with Gasteiger partial charge in [-0.05, 0) is 24.3 Å². The molecule has 0 bridgehead atoms. The van der Waals surface area contributed by atoms with Crippen molar-refractivity contribution in [3.63, 3.8) is 0 Å². The second kappa shape index (κ2) is 8.16. The first kappa shape index (κ1) is 19.3. The van der Waals surface area contributed by atoms with E-state index in [1.807, 2.05) is 23.1 Å². The van der Waals surface area contributed by atoms with E-state index >= 15 is 0 Å². The van der Waals surface area contributed by atoms with Gasteiger partial charge < -0.3 is 24.0 Å². The van der Waals surface area contributed by atoms with Crippen LogP contribution in [0.15, 0.2) is 36.4 Å². The summed E-state index contributed by atoms with van der Waals surface area (Å²) in [4.78, 5) is 21.9. The molecule has 1 amide bonds. The topological polar surface area (TPSA) is 64.1 Å². The number of fused-ring (bicyclic) bond motifs is 1. The summed E-state index contributed by atoms with van der Waals surface area (Å²) in [6.45, 7) is 2.68. The van der Waals surface area contributed by atoms with E-state index < -0.39 is 0 Å². The molecule has 1 fully saturated rings. The van der Waals surface area contributed by atoms with Crippen LogP contribution in [-0.2, 0) is 0 Å². The van der Waals surface area contributed by atoms with Crippen molar-refractivity contribution in [3.05, 3.63) is 42.0 Å². The van der Waals surface area contributed by atoms with Gasteiger partial charge >= 0.3 is 0 Å². The molecule has 2 heterocycles. The molecular formula is C21H23N3O4S. The summed E-state index contributed by atoms with van der Waals surface area (Å²) in [6.07, 6.45) is 0. The number of carbonyl (C=O) groups excluding carboxylic acids is 1. The highest BCUT2D eigenvalue weighted by Crippen LogP contribution is 2.35. The van der Waals surface area contributed by atoms with Gasteiger partial charge in [-0.3, -0.25) is 4.79 Å². The largest absolute Gasteiger partial charge is 0.494 e. The molecule has 1 aromatic heterocycles. The molecule has 0 atom stereocenters. The van der Waals surface area contributed by atoms with Crippen molar-refractivity contribution in [2.24, 2.45) is 0 Å². The summed E-state index contributed by atoms with van der Waals surface area (Å²) in [5.74, 6) is 1.76. The summed E-state index contributed by atoms with van der Waals surface area (Å²) >= 11 is 1.65. The molecule has 0 radical (unpaired) electrons. The number of methoxy groups -OCH3 is 3. The maximum absolute atomic E-state index is 13.1. The lowest BCUT2D eigenvalue weighted by Gasteiger charge is -2.34. The Morgan fingerprint density at radius 1 is 0.931 bits per heavy atom. The SMILES string of the molecule is COc1cccc(C(=O)N2CCN(c3nc4c(OC)cccc4s3)CC2)c1OC. The number of thiazole rings is 1. The van der Waals surface area contributed by atoms with Crippen LogP contribution >= 0.6 is 11.3 Å². The predicted molar refractivity (Wildman–Crippen MR) is 114 cm³/mol. The predicted octanol–water partition coefficient (Wildman–Crippen LogP) is 3.28. The van der Waals surface area contributed by atoms with Gasteiger partial charge in [-0.25, -0.2) is 4.98 Å². The quantitative estimate of drug-likeness (QED) is 0.640. The van der Waals surface area contributed by atoms with Gasteiger partial charge in [0, 0.05) is 26.2 Å². The number of aromatic nitrogens is 1. The highest BCUT2D eigenvalue weighted by atomic mass is 32.1. The summed E-state index contributed by atoms with van der Waals surface area (Å²) in [7, 11) is 4.77. The van der Waals surface area contributed by atoms with Crippen LogP contribution in [0.2, 0.25) is 0 Å². The van der Waals surface area contributed by atoms with E-state index in [2.05, 4.69) is 4.90 Å². The Morgan fingerprint density at radius 2 is 1.62 bits per heavy atom. The smallest absolute Gasteiger partial charge is 0.257 e. The zero-order valence-electron chi connectivity index (χ0n) is 16.7. The molecule has 3 aromatic rings. The number of piperazine rings is 1. The van der Waals surface area contributed by atoms with Gasteiger partial charge in [-0.2, -0.15) is 0 Å². The maximum atomic E-state index is 13.1. The maximum Gasteiger partial charge on any atom is 0.257 e. The number of amides is 1. The number of ether oxygens (including phenoxy) is 3. The van der Waals surface area contributed by atoms with Crippen LogP contribution in [0.5, 0.6) is 17.2 Å². The number of rotatable bonds is 5. The van der Waals surface area contributed by atoms with E-state index in [0.29, 0.717) is 30.2 Å². The van der Waals surface area contributed by atoms with Gasteiger partial charge in [0.2, 0.25) is 0 Å². The lowest BCUT2D eigenvalue weighted by atomic mass is 10.1. The average molecular weight is 413 g/mol. The monoisotopic (exact) mass is 413 g/mol. The lowest BCUT2D eigenvalue weighted by molar-refractivity contribution is 0.0742. The lowest BCUT2D eigenvalue weighted by Crippen LogP contribution is -2.48. The van der Waals surface area contributed by atoms with E-state index in [9.17, 15) is 4.79 Å². The minimum Gasteiger partial charge on any atom is -0.494 e. The zero-order chi connectivity index (χ0) is 20.4. The van der Waals surface area contributed by atoms with Gasteiger partial charge in [-0.1, -0.05) is 23.5 Å². The van der Waals surface area contributed by atoms with Gasteiger partial charge in [-0.15, -0.1) is 0 Å². The molecule has 4 rings (SSSR count). The zero-order valence-corrected chi connectivity index (χ0v) is 17.5. The third kappa shape index (κ3) is 3.55. The fraction of sp³-hybridized carbons (Fsp3) is 0.333. The van der Waals surface area contributed by atoms with E-state index in [4.69, 9.17) is 19.2 Å². The molecule has 0 aliphatic carbocycles. The van der Waals surface area contributed by atoms with Crippen LogP contribution in [0, 0.1) is 0 Å². The van der Waals surface area contributed by atoms with Crippen molar-refractivity contribution in [2.45, 2.75) is 0 Å². The molecule has 0 unspecified atom stereocenters. The summed E-state index contributed by atoms with van der Waals surface area (Å²) in [6, 6.07) is 11.3. The van der Waals surface area contributed by atoms with E-state index in [1.165, 1.54) is 0 Å². The molecule has 29 heavy (non-hydrogen) atoms. The minimum atomic E-state index is -0.0497. The average Bonchev–Trinajstić information content (AvgIpc) is 3.22. The standard InChI is InChI=1S/C21H23N3O4S/c1-26-15-7-5-9-17-18(15)22-21(29-17)24-12-10-23(11-13-24)20(25)14-6-4-8-16(27-2)19(14)28-3/h4-9H,10-13H2,1-3H3. The second-order valence-electron chi connectivity index (χ2n) is 6.62. The summed E-state index contributed by atoms with van der Waals surface area (Å²) < 4.78 is 17.3. The Balaban J connectivity index is 1.49. The fourth-order valence-corrected chi connectivity index (χ4v) is 4.57. The van der Waals surface area contributed by atoms with Crippen LogP contribution in [0.1, 0.15) is 10.4 Å². The molecule has 7 nitrogen and oxygen atoms in total. The number of benzene rings is 2. The molecule has 0 saturated carbocycles. The van der Waals surface area contributed by atoms with Crippen molar-refractivity contribution in [3.8, 4) is 17.2 Å². The van der Waals surface area contributed by atoms with Gasteiger partial charge in [0.15, 0.2) is 16.6 Å². The Labute approximate surface area is 173 Å². The number of carbonyl (C=O) groups is 1. The van der Waals surface area contributed by atoms with Crippen LogP contribution in [0.3, 0.4) is 0 Å². The number of hydrogen-bond donors (Lipinski definition) is 0. The Bertz CT molecular complexity index is 1030. The molecule has 1 aliphatic heterocycles. The Kier molecular flexibility index (Phi) is 5.44. The van der Waals surface area contributed by atoms with Gasteiger partial charge in [0.05, 0.1) is 31.6 Å². The van der Waals surface area contributed by atoms with E-state index in [0.717, 1.165) is 34.2 Å². The molecule has 2 aromatic carbocycles. The van der Waals surface area contributed by atoms with Crippen LogP contribution < -0.4 is 19.1 Å². The highest BCUT2D eigenvalue weighted by Gasteiger charge is 2.27. The second-order valence-corrected chi connectivity index (χ2v) is 7.63. The number of nitrogens with zero attached hydrogens (tertiary/aromatic N) is 3. The number of anilines is 1. The van der Waals surface area contributed by atoms with E-state index in [1.54, 1.807) is 50.9 Å². The normalized spacial score (nSPS) is 14.2. The molecule has 1 aliphatic rings. The Hall–Kier alpha value is -3.00. The summed E-state index contributed by atoms with van der Waals surface area (Å²) in [5, 5.41) is 0.954. The first-order chi connectivity index (χ1) is 14.2. The first-order valence-electron chi connectivity index (χ1n) is 9.35. The fourth-order valence-electron chi connectivity index (χ4n) is 3.54. The first-order valence-corrected chi connectivity index (χ1v) is 10.2. The van der Waals surface area contributed by atoms with Gasteiger partial charge in [0.25, 0.3) is 5.91 Å². The van der Waals surface area contributed by atoms with Crippen molar-refractivity contribution >= 4 is 32.6 Å².